The molecule has 0 aromatic heterocycles. The molecule has 14 heavy (non-hydrogen) atoms. The van der Waals surface area contributed by atoms with Crippen molar-refractivity contribution >= 4 is 5.78 Å². The molecule has 0 spiro atoms. The van der Waals surface area contributed by atoms with Gasteiger partial charge in [-0.15, -0.1) is 0 Å². The van der Waals surface area contributed by atoms with Gasteiger partial charge in [0.05, 0.1) is 6.04 Å². The predicted molar refractivity (Wildman–Crippen MR) is 50.3 cm³/mol. The van der Waals surface area contributed by atoms with E-state index in [0.29, 0.717) is 0 Å². The Morgan fingerprint density at radius 1 is 1.50 bits per heavy atom. The molecule has 0 amide bonds. The lowest BCUT2D eigenvalue weighted by Gasteiger charge is -2.46. The Morgan fingerprint density at radius 2 is 2.29 bits per heavy atom. The summed E-state index contributed by atoms with van der Waals surface area (Å²) in [7, 11) is 0. The largest absolute Gasteiger partial charge is 0.332 e. The van der Waals surface area contributed by atoms with Crippen LogP contribution in [0.15, 0.2) is 0 Å². The predicted octanol–water partition coefficient (Wildman–Crippen LogP) is -0.0522. The fourth-order valence-electron chi connectivity index (χ4n) is 2.74. The number of carbonyl (C=O) groups excluding carboxylic acids is 1. The monoisotopic (exact) mass is 195 g/mol. The van der Waals surface area contributed by atoms with E-state index in [9.17, 15) is 4.79 Å². The molecule has 0 aliphatic carbocycles. The lowest BCUT2D eigenvalue weighted by atomic mass is 9.98. The van der Waals surface area contributed by atoms with E-state index in [-0.39, 0.29) is 11.8 Å². The minimum Gasteiger partial charge on any atom is -0.332 e. The Morgan fingerprint density at radius 3 is 2.79 bits per heavy atom. The minimum atomic E-state index is -0.691. The van der Waals surface area contributed by atoms with Crippen LogP contribution in [0.3, 0.4) is 0 Å². The third-order valence-electron chi connectivity index (χ3n) is 3.46. The second kappa shape index (κ2) is 2.56. The number of Topliss-reactive ketones (excluding diaryl/α,β-unsaturated/α-hetero) is 1. The topological polar surface area (TPSA) is 50.4 Å². The molecule has 3 atom stereocenters. The summed E-state index contributed by atoms with van der Waals surface area (Å²) in [4.78, 5) is 12.1. The number of ketones is 1. The van der Waals surface area contributed by atoms with Crippen molar-refractivity contribution in [3.63, 3.8) is 0 Å². The molecule has 4 heterocycles. The summed E-state index contributed by atoms with van der Waals surface area (Å²) in [6.45, 7) is 4.83. The maximum atomic E-state index is 12.1. The molecule has 4 nitrogen and oxygen atoms in total. The van der Waals surface area contributed by atoms with Crippen LogP contribution in [-0.4, -0.2) is 29.8 Å². The summed E-state index contributed by atoms with van der Waals surface area (Å²) < 4.78 is 5.59. The number of hydrogen-bond acceptors (Lipinski definition) is 4. The van der Waals surface area contributed by atoms with E-state index in [1.807, 2.05) is 0 Å². The highest BCUT2D eigenvalue weighted by molar-refractivity contribution is 5.93. The Balaban J connectivity index is 1.74. The number of rotatable bonds is 2. The maximum Gasteiger partial charge on any atom is 0.196 e. The molecule has 4 saturated heterocycles. The summed E-state index contributed by atoms with van der Waals surface area (Å²) in [5.74, 6) is 0.173. The molecule has 0 aromatic rings. The van der Waals surface area contributed by atoms with E-state index >= 15 is 0 Å². The standard InChI is InChI=1S/C10H15N2O2/c1-9-4-5-10(12-9,14-9)8(13)7-3-2-6-11-7/h7,11-12H,1-6H2/t7?,9-,10?/m1/s1. The molecule has 77 valence electrons. The van der Waals surface area contributed by atoms with Crippen molar-refractivity contribution in [2.75, 3.05) is 6.54 Å². The Hall–Kier alpha value is -0.450. The second-order valence-electron chi connectivity index (χ2n) is 4.56. The van der Waals surface area contributed by atoms with Crippen molar-refractivity contribution in [3.8, 4) is 0 Å². The average molecular weight is 195 g/mol. The number of hydrogen-bond donors (Lipinski definition) is 2. The molecule has 4 rings (SSSR count). The molecule has 2 N–H and O–H groups in total. The van der Waals surface area contributed by atoms with Crippen LogP contribution in [0, 0.1) is 6.92 Å². The molecule has 0 saturated carbocycles. The Bertz CT molecular complexity index is 278. The zero-order chi connectivity index (χ0) is 9.81. The van der Waals surface area contributed by atoms with Gasteiger partial charge in [0, 0.05) is 6.42 Å². The van der Waals surface area contributed by atoms with Crippen LogP contribution in [-0.2, 0) is 9.53 Å². The van der Waals surface area contributed by atoms with Crippen LogP contribution >= 0.6 is 0 Å². The van der Waals surface area contributed by atoms with Crippen molar-refractivity contribution < 1.29 is 9.53 Å². The lowest BCUT2D eigenvalue weighted by Crippen LogP contribution is -2.72. The summed E-state index contributed by atoms with van der Waals surface area (Å²) >= 11 is 0. The summed E-state index contributed by atoms with van der Waals surface area (Å²) in [5, 5.41) is 6.37. The molecular weight excluding hydrogens is 180 g/mol. The van der Waals surface area contributed by atoms with Gasteiger partial charge in [-0.05, 0) is 32.7 Å². The number of fused-ring (bicyclic) bond motifs is 1. The van der Waals surface area contributed by atoms with Crippen LogP contribution in [0.2, 0.25) is 0 Å². The first-order chi connectivity index (χ1) is 6.64. The first kappa shape index (κ1) is 8.83. The normalized spacial score (nSPS) is 50.5. The van der Waals surface area contributed by atoms with Gasteiger partial charge in [0.25, 0.3) is 0 Å². The smallest absolute Gasteiger partial charge is 0.196 e. The molecule has 4 heteroatoms. The van der Waals surface area contributed by atoms with E-state index in [1.165, 1.54) is 0 Å². The van der Waals surface area contributed by atoms with E-state index in [2.05, 4.69) is 17.6 Å². The average Bonchev–Trinajstić information content (AvgIpc) is 2.74. The number of carbonyl (C=O) groups is 1. The SMILES string of the molecule is [CH2][C@@]12CCC(C(=O)C3CCCN3)(N1)O2. The van der Waals surface area contributed by atoms with Crippen molar-refractivity contribution in [3.05, 3.63) is 6.92 Å². The fraction of sp³-hybridized carbons (Fsp3) is 0.800. The molecular formula is C10H15N2O2. The van der Waals surface area contributed by atoms with Crippen LogP contribution in [0.5, 0.6) is 0 Å². The molecule has 0 aromatic carbocycles. The van der Waals surface area contributed by atoms with Crippen molar-refractivity contribution in [1.29, 1.82) is 0 Å². The highest BCUT2D eigenvalue weighted by Crippen LogP contribution is 2.46. The highest BCUT2D eigenvalue weighted by atomic mass is 16.6. The Labute approximate surface area is 83.4 Å². The van der Waals surface area contributed by atoms with E-state index in [1.54, 1.807) is 0 Å². The van der Waals surface area contributed by atoms with Crippen molar-refractivity contribution in [1.82, 2.24) is 10.6 Å². The van der Waals surface area contributed by atoms with E-state index < -0.39 is 11.4 Å². The van der Waals surface area contributed by atoms with Crippen molar-refractivity contribution in [2.45, 2.75) is 43.2 Å². The maximum absolute atomic E-state index is 12.1. The van der Waals surface area contributed by atoms with Gasteiger partial charge in [-0.25, -0.2) is 0 Å². The number of ether oxygens (including phenoxy) is 1. The molecule has 4 aliphatic heterocycles. The third kappa shape index (κ3) is 1.02. The molecule has 4 fully saturated rings. The van der Waals surface area contributed by atoms with Gasteiger partial charge < -0.3 is 10.1 Å². The highest BCUT2D eigenvalue weighted by Gasteiger charge is 2.64. The quantitative estimate of drug-likeness (QED) is 0.648. The number of nitrogens with one attached hydrogen (secondary N) is 2. The van der Waals surface area contributed by atoms with Gasteiger partial charge in [-0.1, -0.05) is 0 Å². The van der Waals surface area contributed by atoms with E-state index in [4.69, 9.17) is 4.74 Å². The van der Waals surface area contributed by atoms with Gasteiger partial charge in [-0.3, -0.25) is 10.1 Å². The van der Waals surface area contributed by atoms with Gasteiger partial charge in [-0.2, -0.15) is 0 Å². The summed E-state index contributed by atoms with van der Waals surface area (Å²) in [6.07, 6.45) is 3.64. The minimum absolute atomic E-state index is 0.00912. The molecule has 2 bridgehead atoms. The lowest BCUT2D eigenvalue weighted by molar-refractivity contribution is -0.229. The first-order valence-electron chi connectivity index (χ1n) is 5.26. The van der Waals surface area contributed by atoms with Gasteiger partial charge in [0.15, 0.2) is 11.5 Å². The Kier molecular flexibility index (Phi) is 1.62. The summed E-state index contributed by atoms with van der Waals surface area (Å²) in [6, 6.07) is -0.00912. The first-order valence-corrected chi connectivity index (χ1v) is 5.26. The van der Waals surface area contributed by atoms with Crippen LogP contribution in [0.4, 0.5) is 0 Å². The molecule has 4 aliphatic rings. The zero-order valence-corrected chi connectivity index (χ0v) is 8.14. The third-order valence-corrected chi connectivity index (χ3v) is 3.46. The van der Waals surface area contributed by atoms with E-state index in [0.717, 1.165) is 32.2 Å². The zero-order valence-electron chi connectivity index (χ0n) is 8.14. The summed E-state index contributed by atoms with van der Waals surface area (Å²) in [5.41, 5.74) is -1.15. The van der Waals surface area contributed by atoms with Crippen LogP contribution in [0.25, 0.3) is 0 Å². The fourth-order valence-corrected chi connectivity index (χ4v) is 2.74. The molecule has 1 radical (unpaired) electrons. The van der Waals surface area contributed by atoms with Gasteiger partial charge in [0.1, 0.15) is 5.72 Å². The second-order valence-corrected chi connectivity index (χ2v) is 4.56. The molecule has 2 unspecified atom stereocenters. The van der Waals surface area contributed by atoms with Gasteiger partial charge in [0.2, 0.25) is 0 Å². The van der Waals surface area contributed by atoms with Crippen LogP contribution < -0.4 is 10.6 Å². The van der Waals surface area contributed by atoms with Crippen molar-refractivity contribution in [2.24, 2.45) is 0 Å². The van der Waals surface area contributed by atoms with Gasteiger partial charge >= 0.3 is 0 Å². The van der Waals surface area contributed by atoms with Crippen LogP contribution in [0.1, 0.15) is 25.7 Å².